The molecule has 1 aliphatic heterocycles. The van der Waals surface area contributed by atoms with Gasteiger partial charge in [-0.1, -0.05) is 32.5 Å². The van der Waals surface area contributed by atoms with Crippen molar-refractivity contribution in [1.82, 2.24) is 15.1 Å². The standard InChI is InChI=1S/C14H24N4S/c1-11(10-18-7-5-6-16-18)17-13-15-9-12(19-13)8-14(2,3)4/h5-7,11-12H,8-10H2,1-4H3,(H,15,17). The quantitative estimate of drug-likeness (QED) is 0.922. The zero-order valence-corrected chi connectivity index (χ0v) is 13.1. The number of amidine groups is 1. The van der Waals surface area contributed by atoms with E-state index in [9.17, 15) is 0 Å². The van der Waals surface area contributed by atoms with Crippen LogP contribution in [0.2, 0.25) is 0 Å². The minimum Gasteiger partial charge on any atom is -0.361 e. The third-order valence-electron chi connectivity index (χ3n) is 2.95. The third kappa shape index (κ3) is 4.90. The second kappa shape index (κ2) is 5.99. The van der Waals surface area contributed by atoms with Gasteiger partial charge in [-0.2, -0.15) is 5.10 Å². The van der Waals surface area contributed by atoms with Gasteiger partial charge in [-0.3, -0.25) is 9.67 Å². The first-order valence-electron chi connectivity index (χ1n) is 6.87. The minimum atomic E-state index is 0.347. The van der Waals surface area contributed by atoms with E-state index in [-0.39, 0.29) is 0 Å². The molecule has 0 aromatic carbocycles. The fourth-order valence-electron chi connectivity index (χ4n) is 2.23. The summed E-state index contributed by atoms with van der Waals surface area (Å²) in [5.74, 6) is 0. The summed E-state index contributed by atoms with van der Waals surface area (Å²) in [7, 11) is 0. The Morgan fingerprint density at radius 2 is 2.32 bits per heavy atom. The largest absolute Gasteiger partial charge is 0.361 e. The molecular formula is C14H24N4S. The molecule has 0 amide bonds. The van der Waals surface area contributed by atoms with Gasteiger partial charge < -0.3 is 5.32 Å². The number of thioether (sulfide) groups is 1. The number of nitrogens with one attached hydrogen (secondary N) is 1. The van der Waals surface area contributed by atoms with Gasteiger partial charge in [-0.15, -0.1) is 0 Å². The van der Waals surface area contributed by atoms with Crippen molar-refractivity contribution in [3.8, 4) is 0 Å². The van der Waals surface area contributed by atoms with Crippen LogP contribution in [0.4, 0.5) is 0 Å². The van der Waals surface area contributed by atoms with Gasteiger partial charge in [-0.05, 0) is 24.8 Å². The van der Waals surface area contributed by atoms with Gasteiger partial charge in [-0.25, -0.2) is 0 Å². The minimum absolute atomic E-state index is 0.347. The second-order valence-electron chi connectivity index (χ2n) is 6.42. The van der Waals surface area contributed by atoms with Crippen LogP contribution in [0.3, 0.4) is 0 Å². The normalized spacial score (nSPS) is 21.3. The summed E-state index contributed by atoms with van der Waals surface area (Å²) in [4.78, 5) is 4.61. The molecule has 0 bridgehead atoms. The van der Waals surface area contributed by atoms with E-state index >= 15 is 0 Å². The Morgan fingerprint density at radius 3 is 2.95 bits per heavy atom. The number of hydrogen-bond donors (Lipinski definition) is 1. The lowest BCUT2D eigenvalue weighted by Crippen LogP contribution is -2.33. The maximum atomic E-state index is 4.61. The summed E-state index contributed by atoms with van der Waals surface area (Å²) in [6, 6.07) is 2.30. The van der Waals surface area contributed by atoms with E-state index in [1.165, 1.54) is 6.42 Å². The predicted molar refractivity (Wildman–Crippen MR) is 82.6 cm³/mol. The van der Waals surface area contributed by atoms with E-state index in [0.717, 1.165) is 18.3 Å². The lowest BCUT2D eigenvalue weighted by Gasteiger charge is -2.22. The number of aromatic nitrogens is 2. The molecule has 1 aliphatic rings. The smallest absolute Gasteiger partial charge is 0.157 e. The predicted octanol–water partition coefficient (Wildman–Crippen LogP) is 2.77. The van der Waals surface area contributed by atoms with Crippen molar-refractivity contribution in [2.24, 2.45) is 10.4 Å². The molecule has 2 atom stereocenters. The van der Waals surface area contributed by atoms with Crippen LogP contribution >= 0.6 is 11.8 Å². The van der Waals surface area contributed by atoms with Gasteiger partial charge in [0.1, 0.15) is 0 Å². The van der Waals surface area contributed by atoms with Crippen molar-refractivity contribution in [2.75, 3.05) is 6.54 Å². The van der Waals surface area contributed by atoms with Crippen LogP contribution in [0.1, 0.15) is 34.1 Å². The SMILES string of the molecule is CC(Cn1cccn1)NC1=NCC(CC(C)(C)C)S1. The Bertz CT molecular complexity index is 419. The van der Waals surface area contributed by atoms with Crippen LogP contribution in [-0.2, 0) is 6.54 Å². The van der Waals surface area contributed by atoms with E-state index in [1.807, 2.05) is 34.9 Å². The van der Waals surface area contributed by atoms with Gasteiger partial charge >= 0.3 is 0 Å². The van der Waals surface area contributed by atoms with Crippen LogP contribution in [0.15, 0.2) is 23.5 Å². The Morgan fingerprint density at radius 1 is 1.53 bits per heavy atom. The van der Waals surface area contributed by atoms with Crippen molar-refractivity contribution >= 4 is 16.9 Å². The van der Waals surface area contributed by atoms with Crippen LogP contribution in [0.5, 0.6) is 0 Å². The number of hydrogen-bond acceptors (Lipinski definition) is 4. The molecule has 106 valence electrons. The Labute approximate surface area is 120 Å². The fraction of sp³-hybridized carbons (Fsp3) is 0.714. The lowest BCUT2D eigenvalue weighted by atomic mass is 9.90. The molecule has 2 unspecified atom stereocenters. The van der Waals surface area contributed by atoms with Gasteiger partial charge in [0.05, 0.1) is 13.1 Å². The first-order chi connectivity index (χ1) is 8.92. The summed E-state index contributed by atoms with van der Waals surface area (Å²) in [5.41, 5.74) is 0.378. The first kappa shape index (κ1) is 14.4. The molecular weight excluding hydrogens is 256 g/mol. The van der Waals surface area contributed by atoms with Crippen LogP contribution < -0.4 is 5.32 Å². The molecule has 2 rings (SSSR count). The highest BCUT2D eigenvalue weighted by atomic mass is 32.2. The fourth-order valence-corrected chi connectivity index (χ4v) is 3.70. The molecule has 4 nitrogen and oxygen atoms in total. The van der Waals surface area contributed by atoms with Crippen molar-refractivity contribution in [3.63, 3.8) is 0 Å². The van der Waals surface area contributed by atoms with E-state index < -0.39 is 0 Å². The lowest BCUT2D eigenvalue weighted by molar-refractivity contribution is 0.375. The van der Waals surface area contributed by atoms with E-state index in [4.69, 9.17) is 0 Å². The summed E-state index contributed by atoms with van der Waals surface area (Å²) in [6.45, 7) is 10.9. The molecule has 0 saturated carbocycles. The molecule has 1 aromatic rings. The number of nitrogens with zero attached hydrogens (tertiary/aromatic N) is 3. The molecule has 0 aliphatic carbocycles. The summed E-state index contributed by atoms with van der Waals surface area (Å²) >= 11 is 1.89. The highest BCUT2D eigenvalue weighted by Gasteiger charge is 2.25. The van der Waals surface area contributed by atoms with Crippen LogP contribution in [-0.4, -0.2) is 32.8 Å². The average Bonchev–Trinajstić information content (AvgIpc) is 2.88. The molecule has 0 spiro atoms. The van der Waals surface area contributed by atoms with Crippen LogP contribution in [0, 0.1) is 5.41 Å². The Balaban J connectivity index is 1.75. The molecule has 2 heterocycles. The first-order valence-corrected chi connectivity index (χ1v) is 7.75. The van der Waals surface area contributed by atoms with Crippen LogP contribution in [0.25, 0.3) is 0 Å². The Hall–Kier alpha value is -0.970. The molecule has 0 fully saturated rings. The second-order valence-corrected chi connectivity index (χ2v) is 7.71. The molecule has 0 saturated heterocycles. The highest BCUT2D eigenvalue weighted by Crippen LogP contribution is 2.31. The van der Waals surface area contributed by atoms with Crippen molar-refractivity contribution in [2.45, 2.75) is 52.0 Å². The molecule has 5 heteroatoms. The summed E-state index contributed by atoms with van der Waals surface area (Å²) in [5, 5.41) is 9.43. The molecule has 0 radical (unpaired) electrons. The van der Waals surface area contributed by atoms with E-state index in [1.54, 1.807) is 0 Å². The van der Waals surface area contributed by atoms with Gasteiger partial charge in [0.15, 0.2) is 5.17 Å². The summed E-state index contributed by atoms with van der Waals surface area (Å²) < 4.78 is 1.95. The molecule has 1 N–H and O–H groups in total. The maximum absolute atomic E-state index is 4.61. The Kier molecular flexibility index (Phi) is 4.55. The number of aliphatic imine (C=N–C) groups is 1. The average molecular weight is 280 g/mol. The van der Waals surface area contributed by atoms with E-state index in [0.29, 0.717) is 16.7 Å². The van der Waals surface area contributed by atoms with Gasteiger partial charge in [0.2, 0.25) is 0 Å². The van der Waals surface area contributed by atoms with Gasteiger partial charge in [0, 0.05) is 23.7 Å². The van der Waals surface area contributed by atoms with E-state index in [2.05, 4.69) is 43.1 Å². The van der Waals surface area contributed by atoms with Crippen molar-refractivity contribution in [1.29, 1.82) is 0 Å². The maximum Gasteiger partial charge on any atom is 0.157 e. The molecule has 1 aromatic heterocycles. The monoisotopic (exact) mass is 280 g/mol. The number of rotatable bonds is 4. The highest BCUT2D eigenvalue weighted by molar-refractivity contribution is 8.14. The topological polar surface area (TPSA) is 42.2 Å². The van der Waals surface area contributed by atoms with Gasteiger partial charge in [0.25, 0.3) is 0 Å². The molecule has 19 heavy (non-hydrogen) atoms. The summed E-state index contributed by atoms with van der Waals surface area (Å²) in [6.07, 6.45) is 5.01. The zero-order valence-electron chi connectivity index (χ0n) is 12.3. The third-order valence-corrected chi connectivity index (χ3v) is 4.07. The van der Waals surface area contributed by atoms with Crippen molar-refractivity contribution < 1.29 is 0 Å². The zero-order chi connectivity index (χ0) is 13.9. The van der Waals surface area contributed by atoms with Crippen molar-refractivity contribution in [3.05, 3.63) is 18.5 Å².